The second-order valence-electron chi connectivity index (χ2n) is 4.70. The van der Waals surface area contributed by atoms with Crippen molar-refractivity contribution in [3.05, 3.63) is 0 Å². The molecule has 2 atom stereocenters. The molecule has 2 unspecified atom stereocenters. The van der Waals surface area contributed by atoms with Crippen LogP contribution in [0.15, 0.2) is 0 Å². The average Bonchev–Trinajstić information content (AvgIpc) is 2.32. The first-order chi connectivity index (χ1) is 9.42. The quantitative estimate of drug-likeness (QED) is 0.500. The SMILES string of the molecule is CCCC(CC(=O)O)NC(=O)NC1CCC(=O)NC1=O. The number of imide groups is 1. The summed E-state index contributed by atoms with van der Waals surface area (Å²) >= 11 is 0. The van der Waals surface area contributed by atoms with E-state index in [0.717, 1.165) is 6.42 Å². The molecular weight excluding hydrogens is 266 g/mol. The molecule has 8 heteroatoms. The van der Waals surface area contributed by atoms with E-state index in [1.54, 1.807) is 0 Å². The van der Waals surface area contributed by atoms with Crippen LogP contribution in [0.25, 0.3) is 0 Å². The third-order valence-electron chi connectivity index (χ3n) is 2.94. The summed E-state index contributed by atoms with van der Waals surface area (Å²) in [6, 6.07) is -1.84. The van der Waals surface area contributed by atoms with E-state index in [1.807, 2.05) is 6.92 Å². The van der Waals surface area contributed by atoms with Gasteiger partial charge in [0.15, 0.2) is 0 Å². The maximum absolute atomic E-state index is 11.7. The molecule has 0 radical (unpaired) electrons. The molecule has 4 N–H and O–H groups in total. The van der Waals surface area contributed by atoms with E-state index in [1.165, 1.54) is 0 Å². The second-order valence-corrected chi connectivity index (χ2v) is 4.70. The zero-order valence-corrected chi connectivity index (χ0v) is 11.3. The molecule has 1 rings (SSSR count). The lowest BCUT2D eigenvalue weighted by Crippen LogP contribution is -2.55. The van der Waals surface area contributed by atoms with E-state index in [9.17, 15) is 19.2 Å². The molecule has 1 saturated heterocycles. The number of hydrogen-bond acceptors (Lipinski definition) is 4. The molecule has 8 nitrogen and oxygen atoms in total. The Labute approximate surface area is 116 Å². The van der Waals surface area contributed by atoms with Crippen LogP contribution in [0.1, 0.15) is 39.0 Å². The van der Waals surface area contributed by atoms with Crippen LogP contribution in [0, 0.1) is 0 Å². The Morgan fingerprint density at radius 1 is 1.45 bits per heavy atom. The summed E-state index contributed by atoms with van der Waals surface area (Å²) < 4.78 is 0. The second kappa shape index (κ2) is 7.46. The molecule has 1 aliphatic heterocycles. The lowest BCUT2D eigenvalue weighted by Gasteiger charge is -2.23. The molecule has 1 heterocycles. The zero-order chi connectivity index (χ0) is 15.1. The lowest BCUT2D eigenvalue weighted by molar-refractivity contribution is -0.138. The summed E-state index contributed by atoms with van der Waals surface area (Å²) in [7, 11) is 0. The summed E-state index contributed by atoms with van der Waals surface area (Å²) in [5, 5.41) is 15.9. The van der Waals surface area contributed by atoms with E-state index in [0.29, 0.717) is 6.42 Å². The van der Waals surface area contributed by atoms with Gasteiger partial charge in [-0.15, -0.1) is 0 Å². The fourth-order valence-corrected chi connectivity index (χ4v) is 2.00. The Morgan fingerprint density at radius 3 is 2.70 bits per heavy atom. The predicted molar refractivity (Wildman–Crippen MR) is 68.8 cm³/mol. The monoisotopic (exact) mass is 285 g/mol. The first-order valence-electron chi connectivity index (χ1n) is 6.55. The molecular formula is C12H19N3O5. The largest absolute Gasteiger partial charge is 0.481 e. The number of nitrogens with one attached hydrogen (secondary N) is 3. The van der Waals surface area contributed by atoms with Gasteiger partial charge in [-0.1, -0.05) is 13.3 Å². The number of carbonyl (C=O) groups is 4. The van der Waals surface area contributed by atoms with E-state index >= 15 is 0 Å². The van der Waals surface area contributed by atoms with Gasteiger partial charge in [0, 0.05) is 12.5 Å². The van der Waals surface area contributed by atoms with Gasteiger partial charge in [0.25, 0.3) is 0 Å². The number of carboxylic acids is 1. The van der Waals surface area contributed by atoms with Crippen molar-refractivity contribution in [1.82, 2.24) is 16.0 Å². The molecule has 0 bridgehead atoms. The van der Waals surface area contributed by atoms with Crippen molar-refractivity contribution in [1.29, 1.82) is 0 Å². The van der Waals surface area contributed by atoms with Gasteiger partial charge >= 0.3 is 12.0 Å². The fourth-order valence-electron chi connectivity index (χ4n) is 2.00. The van der Waals surface area contributed by atoms with Gasteiger partial charge in [-0.05, 0) is 12.8 Å². The number of carboxylic acid groups (broad SMARTS) is 1. The summed E-state index contributed by atoms with van der Waals surface area (Å²) in [6.07, 6.45) is 1.52. The topological polar surface area (TPSA) is 125 Å². The predicted octanol–water partition coefficient (Wildman–Crippen LogP) is -0.266. The first kappa shape index (κ1) is 15.9. The highest BCUT2D eigenvalue weighted by atomic mass is 16.4. The number of carbonyl (C=O) groups excluding carboxylic acids is 3. The molecule has 0 aromatic heterocycles. The minimum atomic E-state index is -0.996. The van der Waals surface area contributed by atoms with Crippen LogP contribution in [0.2, 0.25) is 0 Å². The lowest BCUT2D eigenvalue weighted by atomic mass is 10.1. The average molecular weight is 285 g/mol. The molecule has 4 amide bonds. The third-order valence-corrected chi connectivity index (χ3v) is 2.94. The third kappa shape index (κ3) is 5.25. The minimum Gasteiger partial charge on any atom is -0.481 e. The highest BCUT2D eigenvalue weighted by Gasteiger charge is 2.28. The number of piperidine rings is 1. The van der Waals surface area contributed by atoms with Crippen molar-refractivity contribution in [2.45, 2.75) is 51.1 Å². The fraction of sp³-hybridized carbons (Fsp3) is 0.667. The van der Waals surface area contributed by atoms with Crippen LogP contribution in [0.5, 0.6) is 0 Å². The van der Waals surface area contributed by atoms with Crippen LogP contribution in [-0.4, -0.2) is 41.0 Å². The van der Waals surface area contributed by atoms with Crippen molar-refractivity contribution in [3.63, 3.8) is 0 Å². The van der Waals surface area contributed by atoms with Crippen LogP contribution in [0.3, 0.4) is 0 Å². The molecule has 1 fully saturated rings. The Kier molecular flexibility index (Phi) is 5.95. The van der Waals surface area contributed by atoms with Crippen molar-refractivity contribution >= 4 is 23.8 Å². The maximum Gasteiger partial charge on any atom is 0.315 e. The molecule has 1 aliphatic rings. The molecule has 0 aliphatic carbocycles. The van der Waals surface area contributed by atoms with Gasteiger partial charge in [-0.3, -0.25) is 19.7 Å². The highest BCUT2D eigenvalue weighted by molar-refractivity contribution is 6.01. The van der Waals surface area contributed by atoms with E-state index in [-0.39, 0.29) is 25.2 Å². The van der Waals surface area contributed by atoms with Crippen molar-refractivity contribution in [2.75, 3.05) is 0 Å². The van der Waals surface area contributed by atoms with E-state index < -0.39 is 30.0 Å². The summed E-state index contributed by atoms with van der Waals surface area (Å²) in [5.74, 6) is -1.89. The number of amides is 4. The summed E-state index contributed by atoms with van der Waals surface area (Å²) in [6.45, 7) is 1.88. The van der Waals surface area contributed by atoms with Gasteiger partial charge in [0.1, 0.15) is 6.04 Å². The molecule has 0 aromatic carbocycles. The van der Waals surface area contributed by atoms with Crippen LogP contribution in [-0.2, 0) is 14.4 Å². The Hall–Kier alpha value is -2.12. The van der Waals surface area contributed by atoms with Crippen molar-refractivity contribution < 1.29 is 24.3 Å². The van der Waals surface area contributed by atoms with Gasteiger partial charge in [-0.25, -0.2) is 4.79 Å². The molecule has 20 heavy (non-hydrogen) atoms. The van der Waals surface area contributed by atoms with Gasteiger partial charge < -0.3 is 15.7 Å². The Balaban J connectivity index is 2.46. The Morgan fingerprint density at radius 2 is 2.15 bits per heavy atom. The maximum atomic E-state index is 11.7. The molecule has 112 valence electrons. The Bertz CT molecular complexity index is 410. The van der Waals surface area contributed by atoms with Crippen molar-refractivity contribution in [2.24, 2.45) is 0 Å². The molecule has 0 saturated carbocycles. The van der Waals surface area contributed by atoms with Crippen molar-refractivity contribution in [3.8, 4) is 0 Å². The van der Waals surface area contributed by atoms with Gasteiger partial charge in [0.05, 0.1) is 6.42 Å². The summed E-state index contributed by atoms with van der Waals surface area (Å²) in [5.41, 5.74) is 0. The highest BCUT2D eigenvalue weighted by Crippen LogP contribution is 2.05. The van der Waals surface area contributed by atoms with E-state index in [2.05, 4.69) is 16.0 Å². The smallest absolute Gasteiger partial charge is 0.315 e. The number of urea groups is 1. The molecule has 0 spiro atoms. The minimum absolute atomic E-state index is 0.170. The van der Waals surface area contributed by atoms with Crippen LogP contribution in [0.4, 0.5) is 4.79 Å². The number of rotatable bonds is 6. The molecule has 0 aromatic rings. The standard InChI is InChI=1S/C12H19N3O5/c1-2-3-7(6-10(17)18)13-12(20)14-8-4-5-9(16)15-11(8)19/h7-8H,2-6H2,1H3,(H,17,18)(H2,13,14,20)(H,15,16,19). The number of hydrogen-bond donors (Lipinski definition) is 4. The van der Waals surface area contributed by atoms with Gasteiger partial charge in [0.2, 0.25) is 11.8 Å². The van der Waals surface area contributed by atoms with Gasteiger partial charge in [-0.2, -0.15) is 0 Å². The zero-order valence-electron chi connectivity index (χ0n) is 11.3. The van der Waals surface area contributed by atoms with Crippen LogP contribution >= 0.6 is 0 Å². The normalized spacial score (nSPS) is 19.9. The summed E-state index contributed by atoms with van der Waals surface area (Å²) in [4.78, 5) is 44.8. The number of aliphatic carboxylic acids is 1. The van der Waals surface area contributed by atoms with E-state index in [4.69, 9.17) is 5.11 Å². The first-order valence-corrected chi connectivity index (χ1v) is 6.55. The van der Waals surface area contributed by atoms with Crippen LogP contribution < -0.4 is 16.0 Å².